The molecule has 1 N–H and O–H groups in total. The van der Waals surface area contributed by atoms with Gasteiger partial charge in [-0.05, 0) is 37.8 Å². The van der Waals surface area contributed by atoms with Gasteiger partial charge in [-0.1, -0.05) is 0 Å². The van der Waals surface area contributed by atoms with E-state index in [0.29, 0.717) is 19.5 Å². The molecule has 2 saturated heterocycles. The van der Waals surface area contributed by atoms with Gasteiger partial charge in [0.2, 0.25) is 0 Å². The van der Waals surface area contributed by atoms with Crippen LogP contribution in [0.3, 0.4) is 0 Å². The zero-order valence-corrected chi connectivity index (χ0v) is 14.6. The minimum Gasteiger partial charge on any atom is -0.743 e. The average Bonchev–Trinajstić information content (AvgIpc) is 2.52. The summed E-state index contributed by atoms with van der Waals surface area (Å²) in [5, 5.41) is -10.3. The van der Waals surface area contributed by atoms with E-state index in [1.54, 1.807) is 0 Å². The van der Waals surface area contributed by atoms with Gasteiger partial charge in [0, 0.05) is 13.1 Å². The third kappa shape index (κ3) is 3.10. The normalized spacial score (nSPS) is 27.2. The number of nitrogens with zero attached hydrogens (tertiary/aromatic N) is 1. The van der Waals surface area contributed by atoms with Crippen molar-refractivity contribution in [1.82, 2.24) is 9.62 Å². The molecule has 2 unspecified atom stereocenters. The van der Waals surface area contributed by atoms with E-state index < -0.39 is 55.6 Å². The monoisotopic (exact) mass is 433 g/mol. The summed E-state index contributed by atoms with van der Waals surface area (Å²) in [5.74, 6) is -7.48. The van der Waals surface area contributed by atoms with Crippen molar-refractivity contribution in [3.63, 3.8) is 0 Å². The van der Waals surface area contributed by atoms with Crippen LogP contribution < -0.4 is 5.32 Å². The van der Waals surface area contributed by atoms with Gasteiger partial charge in [0.1, 0.15) is 0 Å². The molecule has 0 aromatic heterocycles. The van der Waals surface area contributed by atoms with Gasteiger partial charge in [0.25, 0.3) is 10.0 Å². The van der Waals surface area contributed by atoms with Crippen molar-refractivity contribution in [3.05, 3.63) is 0 Å². The maximum atomic E-state index is 13.9. The van der Waals surface area contributed by atoms with Gasteiger partial charge in [0.05, 0.1) is 0 Å². The van der Waals surface area contributed by atoms with Gasteiger partial charge < -0.3 is 9.87 Å². The molecule has 0 saturated carbocycles. The standard InChI is InChI=1S/C11H16F6N2O5S2/c12-9(13,11(16,17)26(22,23)24)10(14,15)25(20,21)19-4-2-7-5-18-3-1-8(7)6-19/h7-8,18H,1-6H2,(H,22,23,24)/p-1. The van der Waals surface area contributed by atoms with Gasteiger partial charge in [-0.2, -0.15) is 30.6 Å². The van der Waals surface area contributed by atoms with Crippen molar-refractivity contribution >= 4 is 20.1 Å². The number of fused-ring (bicyclic) bond motifs is 1. The highest BCUT2D eigenvalue weighted by Crippen LogP contribution is 2.51. The maximum Gasteiger partial charge on any atom is 0.428 e. The molecule has 0 aromatic rings. The fourth-order valence-corrected chi connectivity index (χ4v) is 5.10. The predicted molar refractivity (Wildman–Crippen MR) is 74.1 cm³/mol. The first kappa shape index (κ1) is 21.7. The smallest absolute Gasteiger partial charge is 0.428 e. The molecule has 0 radical (unpaired) electrons. The van der Waals surface area contributed by atoms with Crippen LogP contribution in [0.15, 0.2) is 0 Å². The molecule has 0 spiro atoms. The summed E-state index contributed by atoms with van der Waals surface area (Å²) in [7, 11) is -13.6. The van der Waals surface area contributed by atoms with E-state index in [1.165, 1.54) is 0 Å². The molecule has 2 heterocycles. The number of rotatable bonds is 5. The molecule has 2 rings (SSSR count). The Labute approximate surface area is 145 Å². The summed E-state index contributed by atoms with van der Waals surface area (Å²) in [4.78, 5) is 0. The molecular formula is C11H15F6N2O5S2-. The maximum absolute atomic E-state index is 13.9. The van der Waals surface area contributed by atoms with Crippen LogP contribution in [0.25, 0.3) is 0 Å². The third-order valence-electron chi connectivity index (χ3n) is 4.66. The lowest BCUT2D eigenvalue weighted by atomic mass is 9.82. The van der Waals surface area contributed by atoms with E-state index in [4.69, 9.17) is 0 Å². The van der Waals surface area contributed by atoms with E-state index >= 15 is 0 Å². The SMILES string of the molecule is O=S(=O)([O-])C(F)(F)C(F)(F)C(F)(F)S(=O)(=O)N1CCC2CNCCC2C1. The number of nitrogens with one attached hydrogen (secondary N) is 1. The second-order valence-corrected chi connectivity index (χ2v) is 9.63. The third-order valence-corrected chi connectivity index (χ3v) is 7.46. The lowest BCUT2D eigenvalue weighted by Gasteiger charge is -2.42. The Kier molecular flexibility index (Phi) is 5.38. The van der Waals surface area contributed by atoms with Gasteiger partial charge in [0.15, 0.2) is 10.1 Å². The van der Waals surface area contributed by atoms with Gasteiger partial charge in [-0.15, -0.1) is 0 Å². The molecule has 26 heavy (non-hydrogen) atoms. The summed E-state index contributed by atoms with van der Waals surface area (Å²) in [6, 6.07) is 0. The topological polar surface area (TPSA) is 107 Å². The summed E-state index contributed by atoms with van der Waals surface area (Å²) < 4.78 is 136. The van der Waals surface area contributed by atoms with E-state index in [0.717, 1.165) is 0 Å². The molecule has 2 atom stereocenters. The Bertz CT molecular complexity index is 757. The van der Waals surface area contributed by atoms with E-state index in [-0.39, 0.29) is 16.6 Å². The first-order valence-electron chi connectivity index (χ1n) is 7.36. The Morgan fingerprint density at radius 1 is 0.923 bits per heavy atom. The first-order valence-corrected chi connectivity index (χ1v) is 10.2. The average molecular weight is 433 g/mol. The molecule has 2 aliphatic heterocycles. The predicted octanol–water partition coefficient (Wildman–Crippen LogP) is 0.614. The quantitative estimate of drug-likeness (QED) is 0.503. The van der Waals surface area contributed by atoms with Crippen molar-refractivity contribution in [2.75, 3.05) is 26.2 Å². The highest BCUT2D eigenvalue weighted by atomic mass is 32.2. The highest BCUT2D eigenvalue weighted by Gasteiger charge is 2.80. The van der Waals surface area contributed by atoms with Gasteiger partial charge in [-0.25, -0.2) is 16.8 Å². The van der Waals surface area contributed by atoms with Crippen LogP contribution in [-0.4, -0.2) is 68.3 Å². The molecule has 0 amide bonds. The highest BCUT2D eigenvalue weighted by molar-refractivity contribution is 7.90. The van der Waals surface area contributed by atoms with Crippen LogP contribution in [0.1, 0.15) is 12.8 Å². The van der Waals surface area contributed by atoms with Crippen molar-refractivity contribution < 1.29 is 47.7 Å². The van der Waals surface area contributed by atoms with Crippen LogP contribution in [0, 0.1) is 11.8 Å². The first-order chi connectivity index (χ1) is 11.6. The van der Waals surface area contributed by atoms with Gasteiger partial charge >= 0.3 is 16.4 Å². The van der Waals surface area contributed by atoms with Crippen molar-refractivity contribution in [2.24, 2.45) is 11.8 Å². The zero-order valence-electron chi connectivity index (χ0n) is 13.0. The summed E-state index contributed by atoms with van der Waals surface area (Å²) in [5.41, 5.74) is 0. The summed E-state index contributed by atoms with van der Waals surface area (Å²) >= 11 is 0. The molecular weight excluding hydrogens is 418 g/mol. The van der Waals surface area contributed by atoms with E-state index in [2.05, 4.69) is 5.32 Å². The van der Waals surface area contributed by atoms with Crippen molar-refractivity contribution in [3.8, 4) is 0 Å². The molecule has 0 aromatic carbocycles. The molecule has 2 aliphatic rings. The molecule has 7 nitrogen and oxygen atoms in total. The fraction of sp³-hybridized carbons (Fsp3) is 1.00. The lowest BCUT2D eigenvalue weighted by molar-refractivity contribution is -0.247. The van der Waals surface area contributed by atoms with E-state index in [9.17, 15) is 47.7 Å². The largest absolute Gasteiger partial charge is 0.743 e. The lowest BCUT2D eigenvalue weighted by Crippen LogP contribution is -2.64. The Hall–Kier alpha value is -0.640. The minimum atomic E-state index is -7.26. The van der Waals surface area contributed by atoms with Crippen LogP contribution in [-0.2, 0) is 20.1 Å². The number of piperidine rings is 2. The van der Waals surface area contributed by atoms with Crippen LogP contribution in [0.5, 0.6) is 0 Å². The molecule has 15 heteroatoms. The fourth-order valence-electron chi connectivity index (χ4n) is 3.09. The minimum absolute atomic E-state index is 0.0365. The molecule has 154 valence electrons. The number of alkyl halides is 6. The zero-order chi connectivity index (χ0) is 20.2. The van der Waals surface area contributed by atoms with Crippen molar-refractivity contribution in [1.29, 1.82) is 0 Å². The number of hydrogen-bond donors (Lipinski definition) is 1. The number of hydrogen-bond acceptors (Lipinski definition) is 6. The summed E-state index contributed by atoms with van der Waals surface area (Å²) in [6.07, 6.45) is 0.401. The van der Waals surface area contributed by atoms with Crippen molar-refractivity contribution in [2.45, 2.75) is 29.3 Å². The molecule has 2 fully saturated rings. The van der Waals surface area contributed by atoms with Gasteiger partial charge in [-0.3, -0.25) is 0 Å². The second-order valence-electron chi connectivity index (χ2n) is 6.23. The Morgan fingerprint density at radius 2 is 1.50 bits per heavy atom. The molecule has 0 bridgehead atoms. The Morgan fingerprint density at radius 3 is 2.04 bits per heavy atom. The molecule has 0 aliphatic carbocycles. The Balaban J connectivity index is 2.37. The second kappa shape index (κ2) is 6.46. The van der Waals surface area contributed by atoms with Crippen LogP contribution in [0.4, 0.5) is 26.3 Å². The number of sulfonamides is 1. The number of halogens is 6. The summed E-state index contributed by atoms with van der Waals surface area (Å²) in [6.45, 7) is -0.297. The van der Waals surface area contributed by atoms with Crippen LogP contribution >= 0.6 is 0 Å². The van der Waals surface area contributed by atoms with E-state index in [1.807, 2.05) is 0 Å². The van der Waals surface area contributed by atoms with Crippen LogP contribution in [0.2, 0.25) is 0 Å².